The fourth-order valence-electron chi connectivity index (χ4n) is 2.68. The van der Waals surface area contributed by atoms with Crippen LogP contribution in [0.4, 0.5) is 4.39 Å². The van der Waals surface area contributed by atoms with E-state index >= 15 is 0 Å². The second-order valence-electron chi connectivity index (χ2n) is 4.94. The fraction of sp³-hybridized carbons (Fsp3) is 0.538. The van der Waals surface area contributed by atoms with E-state index in [1.807, 2.05) is 0 Å². The standard InChI is InChI=1S/C13H17ClFNO2S/c14-11-7-10(5-6-12(11)15)19(17,18)13-4-2-1-3-9(13)8-16/h5-7,9,13H,1-4,8,16H2. The summed E-state index contributed by atoms with van der Waals surface area (Å²) < 4.78 is 38.3. The molecule has 3 nitrogen and oxygen atoms in total. The monoisotopic (exact) mass is 305 g/mol. The maximum absolute atomic E-state index is 13.1. The van der Waals surface area contributed by atoms with Gasteiger partial charge in [0, 0.05) is 0 Å². The molecule has 2 N–H and O–H groups in total. The lowest BCUT2D eigenvalue weighted by molar-refractivity contribution is 0.363. The van der Waals surface area contributed by atoms with Crippen LogP contribution in [-0.2, 0) is 9.84 Å². The molecule has 1 aliphatic rings. The van der Waals surface area contributed by atoms with E-state index in [1.54, 1.807) is 0 Å². The molecule has 0 radical (unpaired) electrons. The molecule has 106 valence electrons. The van der Waals surface area contributed by atoms with Gasteiger partial charge >= 0.3 is 0 Å². The first-order valence-corrected chi connectivity index (χ1v) is 8.28. The number of halogens is 2. The highest BCUT2D eigenvalue weighted by Gasteiger charge is 2.35. The molecule has 1 aromatic carbocycles. The van der Waals surface area contributed by atoms with Crippen LogP contribution in [0.3, 0.4) is 0 Å². The lowest BCUT2D eigenvalue weighted by Gasteiger charge is -2.30. The van der Waals surface area contributed by atoms with E-state index in [9.17, 15) is 12.8 Å². The highest BCUT2D eigenvalue weighted by Crippen LogP contribution is 2.33. The van der Waals surface area contributed by atoms with Crippen molar-refractivity contribution >= 4 is 21.4 Å². The Morgan fingerprint density at radius 1 is 1.32 bits per heavy atom. The van der Waals surface area contributed by atoms with Crippen molar-refractivity contribution in [2.45, 2.75) is 35.8 Å². The Bertz CT molecular complexity index is 562. The summed E-state index contributed by atoms with van der Waals surface area (Å²) in [6.45, 7) is 0.360. The Kier molecular flexibility index (Phi) is 4.48. The molecule has 1 aliphatic carbocycles. The largest absolute Gasteiger partial charge is 0.330 e. The highest BCUT2D eigenvalue weighted by atomic mass is 35.5. The summed E-state index contributed by atoms with van der Waals surface area (Å²) in [7, 11) is -3.49. The lowest BCUT2D eigenvalue weighted by atomic mass is 9.89. The van der Waals surface area contributed by atoms with Gasteiger partial charge in [-0.25, -0.2) is 12.8 Å². The van der Waals surface area contributed by atoms with Gasteiger partial charge in [0.15, 0.2) is 9.84 Å². The van der Waals surface area contributed by atoms with Gasteiger partial charge in [0.1, 0.15) is 5.82 Å². The number of nitrogens with two attached hydrogens (primary N) is 1. The molecular formula is C13H17ClFNO2S. The number of sulfone groups is 1. The van der Waals surface area contributed by atoms with Crippen LogP contribution in [0.5, 0.6) is 0 Å². The molecule has 0 aliphatic heterocycles. The van der Waals surface area contributed by atoms with Crippen molar-refractivity contribution in [2.24, 2.45) is 11.7 Å². The maximum Gasteiger partial charge on any atom is 0.181 e. The van der Waals surface area contributed by atoms with Crippen LogP contribution in [0.15, 0.2) is 23.1 Å². The van der Waals surface area contributed by atoms with Crippen molar-refractivity contribution in [2.75, 3.05) is 6.54 Å². The molecule has 0 saturated heterocycles. The molecule has 0 bridgehead atoms. The van der Waals surface area contributed by atoms with Gasteiger partial charge in [0.05, 0.1) is 15.2 Å². The summed E-state index contributed by atoms with van der Waals surface area (Å²) in [5.74, 6) is -0.637. The second-order valence-corrected chi connectivity index (χ2v) is 7.51. The Hall–Kier alpha value is -0.650. The van der Waals surface area contributed by atoms with E-state index in [-0.39, 0.29) is 15.8 Å². The molecule has 2 unspecified atom stereocenters. The van der Waals surface area contributed by atoms with E-state index in [1.165, 1.54) is 12.1 Å². The third-order valence-corrected chi connectivity index (χ3v) is 6.38. The Balaban J connectivity index is 2.37. The van der Waals surface area contributed by atoms with Crippen LogP contribution in [0.2, 0.25) is 5.02 Å². The third-order valence-electron chi connectivity index (χ3n) is 3.76. The van der Waals surface area contributed by atoms with Gasteiger partial charge in [-0.15, -0.1) is 0 Å². The second kappa shape index (κ2) is 5.77. The van der Waals surface area contributed by atoms with Crippen molar-refractivity contribution in [3.8, 4) is 0 Å². The first kappa shape index (κ1) is 14.8. The van der Waals surface area contributed by atoms with Gasteiger partial charge < -0.3 is 5.73 Å². The van der Waals surface area contributed by atoms with Crippen LogP contribution in [0.1, 0.15) is 25.7 Å². The summed E-state index contributed by atoms with van der Waals surface area (Å²) >= 11 is 5.66. The molecule has 1 fully saturated rings. The van der Waals surface area contributed by atoms with Crippen molar-refractivity contribution in [3.05, 3.63) is 29.0 Å². The molecule has 2 atom stereocenters. The van der Waals surface area contributed by atoms with Crippen LogP contribution in [0.25, 0.3) is 0 Å². The zero-order valence-corrected chi connectivity index (χ0v) is 12.1. The number of hydrogen-bond acceptors (Lipinski definition) is 3. The zero-order valence-electron chi connectivity index (χ0n) is 10.5. The lowest BCUT2D eigenvalue weighted by Crippen LogP contribution is -2.37. The van der Waals surface area contributed by atoms with E-state index in [0.29, 0.717) is 13.0 Å². The average Bonchev–Trinajstić information content (AvgIpc) is 2.41. The Labute approximate surface area is 117 Å². The number of hydrogen-bond donors (Lipinski definition) is 1. The predicted molar refractivity (Wildman–Crippen MR) is 73.4 cm³/mol. The minimum Gasteiger partial charge on any atom is -0.330 e. The van der Waals surface area contributed by atoms with Gasteiger partial charge in [-0.1, -0.05) is 24.4 Å². The van der Waals surface area contributed by atoms with Crippen molar-refractivity contribution in [1.29, 1.82) is 0 Å². The average molecular weight is 306 g/mol. The summed E-state index contributed by atoms with van der Waals surface area (Å²) in [6, 6.07) is 3.56. The summed E-state index contributed by atoms with van der Waals surface area (Å²) in [6.07, 6.45) is 3.34. The number of benzene rings is 1. The minimum absolute atomic E-state index is 0.0254. The van der Waals surface area contributed by atoms with Crippen LogP contribution in [-0.4, -0.2) is 20.2 Å². The first-order valence-electron chi connectivity index (χ1n) is 6.36. The van der Waals surface area contributed by atoms with E-state index in [2.05, 4.69) is 0 Å². The molecule has 1 aromatic rings. The molecule has 19 heavy (non-hydrogen) atoms. The minimum atomic E-state index is -3.49. The van der Waals surface area contributed by atoms with Gasteiger partial charge in [0.2, 0.25) is 0 Å². The highest BCUT2D eigenvalue weighted by molar-refractivity contribution is 7.92. The molecular weight excluding hydrogens is 289 g/mol. The molecule has 1 saturated carbocycles. The fourth-order valence-corrected chi connectivity index (χ4v) is 5.05. The van der Waals surface area contributed by atoms with E-state index in [0.717, 1.165) is 25.3 Å². The quantitative estimate of drug-likeness (QED) is 0.874. The molecule has 6 heteroatoms. The van der Waals surface area contributed by atoms with Crippen LogP contribution >= 0.6 is 11.6 Å². The zero-order chi connectivity index (χ0) is 14.0. The Morgan fingerprint density at radius 3 is 2.63 bits per heavy atom. The molecule has 2 rings (SSSR count). The summed E-state index contributed by atoms with van der Waals surface area (Å²) in [5, 5.41) is -0.644. The van der Waals surface area contributed by atoms with E-state index in [4.69, 9.17) is 17.3 Å². The molecule has 0 spiro atoms. The molecule has 0 heterocycles. The Morgan fingerprint density at radius 2 is 2.00 bits per heavy atom. The smallest absolute Gasteiger partial charge is 0.181 e. The van der Waals surface area contributed by atoms with Gasteiger partial charge in [0.25, 0.3) is 0 Å². The van der Waals surface area contributed by atoms with Crippen LogP contribution < -0.4 is 5.73 Å². The number of rotatable bonds is 3. The van der Waals surface area contributed by atoms with Crippen molar-refractivity contribution in [3.63, 3.8) is 0 Å². The van der Waals surface area contributed by atoms with E-state index < -0.39 is 20.9 Å². The topological polar surface area (TPSA) is 60.2 Å². The summed E-state index contributed by atoms with van der Waals surface area (Å²) in [4.78, 5) is 0.0873. The van der Waals surface area contributed by atoms with Crippen LogP contribution in [0, 0.1) is 11.7 Å². The van der Waals surface area contributed by atoms with Gasteiger partial charge in [-0.2, -0.15) is 0 Å². The van der Waals surface area contributed by atoms with Gasteiger partial charge in [-0.05, 0) is 43.5 Å². The molecule has 0 amide bonds. The van der Waals surface area contributed by atoms with Crippen molar-refractivity contribution in [1.82, 2.24) is 0 Å². The SMILES string of the molecule is NCC1CCCCC1S(=O)(=O)c1ccc(F)c(Cl)c1. The third kappa shape index (κ3) is 2.93. The summed E-state index contributed by atoms with van der Waals surface area (Å²) in [5.41, 5.74) is 5.67. The predicted octanol–water partition coefficient (Wildman–Crippen LogP) is 2.77. The first-order chi connectivity index (χ1) is 8.96. The molecule has 0 aromatic heterocycles. The maximum atomic E-state index is 13.1. The van der Waals surface area contributed by atoms with Gasteiger partial charge in [-0.3, -0.25) is 0 Å². The van der Waals surface area contributed by atoms with Crippen molar-refractivity contribution < 1.29 is 12.8 Å². The normalized spacial score (nSPS) is 24.4.